The number of hydrogen-bond acceptors (Lipinski definition) is 3. The molecule has 0 aliphatic rings. The first-order valence-corrected chi connectivity index (χ1v) is 4.11. The van der Waals surface area contributed by atoms with Gasteiger partial charge in [-0.3, -0.25) is 10.1 Å². The fourth-order valence-electron chi connectivity index (χ4n) is 0.353. The summed E-state index contributed by atoms with van der Waals surface area (Å²) >= 11 is 15.4. The molecule has 13 heavy (non-hydrogen) atoms. The van der Waals surface area contributed by atoms with E-state index >= 15 is 0 Å². The fraction of sp³-hybridized carbons (Fsp3) is 0.400. The van der Waals surface area contributed by atoms with Crippen molar-refractivity contribution in [2.75, 3.05) is 6.54 Å². The monoisotopic (exact) mass is 246 g/mol. The van der Waals surface area contributed by atoms with Crippen molar-refractivity contribution in [1.82, 2.24) is 10.6 Å². The highest BCUT2D eigenvalue weighted by molar-refractivity contribution is 6.76. The molecule has 8 heteroatoms. The molecule has 0 aromatic heterocycles. The zero-order valence-corrected chi connectivity index (χ0v) is 8.41. The summed E-state index contributed by atoms with van der Waals surface area (Å²) in [5, 5.41) is 3.73. The standard InChI is InChI=1S/C5H5Cl3N2O3/c6-5(7,8)3(12)10-4(13)9-1-2-11/h2H,1H2,(H2,9,10,12,13). The number of hydrogen-bond donors (Lipinski definition) is 2. The van der Waals surface area contributed by atoms with Gasteiger partial charge in [-0.1, -0.05) is 34.8 Å². The summed E-state index contributed by atoms with van der Waals surface area (Å²) in [7, 11) is 0. The minimum Gasteiger partial charge on any atom is -0.331 e. The van der Waals surface area contributed by atoms with Crippen molar-refractivity contribution in [2.24, 2.45) is 0 Å². The van der Waals surface area contributed by atoms with E-state index < -0.39 is 15.7 Å². The smallest absolute Gasteiger partial charge is 0.321 e. The Morgan fingerprint density at radius 1 is 1.31 bits per heavy atom. The molecule has 0 rings (SSSR count). The van der Waals surface area contributed by atoms with Crippen molar-refractivity contribution in [3.05, 3.63) is 0 Å². The summed E-state index contributed by atoms with van der Waals surface area (Å²) in [5.41, 5.74) is 0. The third kappa shape index (κ3) is 5.68. The Morgan fingerprint density at radius 3 is 2.23 bits per heavy atom. The molecule has 0 aliphatic heterocycles. The lowest BCUT2D eigenvalue weighted by molar-refractivity contribution is -0.119. The van der Waals surface area contributed by atoms with Gasteiger partial charge >= 0.3 is 6.03 Å². The van der Waals surface area contributed by atoms with E-state index in [0.29, 0.717) is 6.29 Å². The topological polar surface area (TPSA) is 75.3 Å². The molecule has 0 radical (unpaired) electrons. The third-order valence-electron chi connectivity index (χ3n) is 0.830. The van der Waals surface area contributed by atoms with Crippen molar-refractivity contribution >= 4 is 53.0 Å². The van der Waals surface area contributed by atoms with Gasteiger partial charge in [0, 0.05) is 0 Å². The zero-order chi connectivity index (χ0) is 10.5. The minimum absolute atomic E-state index is 0.223. The lowest BCUT2D eigenvalue weighted by Crippen LogP contribution is -2.44. The van der Waals surface area contributed by atoms with Crippen LogP contribution in [0.1, 0.15) is 0 Å². The van der Waals surface area contributed by atoms with E-state index in [9.17, 15) is 14.4 Å². The Hall–Kier alpha value is -0.520. The molecule has 0 bridgehead atoms. The molecule has 0 saturated carbocycles. The summed E-state index contributed by atoms with van der Waals surface area (Å²) in [6.07, 6.45) is 0.444. The Labute approximate surface area is 88.7 Å². The number of amides is 3. The van der Waals surface area contributed by atoms with Crippen LogP contribution >= 0.6 is 34.8 Å². The van der Waals surface area contributed by atoms with E-state index in [-0.39, 0.29) is 6.54 Å². The van der Waals surface area contributed by atoms with Gasteiger partial charge in [-0.15, -0.1) is 0 Å². The van der Waals surface area contributed by atoms with Gasteiger partial charge in [0.05, 0.1) is 6.54 Å². The van der Waals surface area contributed by atoms with Crippen LogP contribution in [0.2, 0.25) is 0 Å². The predicted molar refractivity (Wildman–Crippen MR) is 47.9 cm³/mol. The van der Waals surface area contributed by atoms with Crippen LogP contribution in [0.15, 0.2) is 0 Å². The summed E-state index contributed by atoms with van der Waals surface area (Å²) in [6.45, 7) is -0.223. The lowest BCUT2D eigenvalue weighted by Gasteiger charge is -2.09. The molecule has 0 unspecified atom stereocenters. The van der Waals surface area contributed by atoms with Crippen LogP contribution in [-0.4, -0.2) is 28.6 Å². The first kappa shape index (κ1) is 12.5. The average Bonchev–Trinajstić information content (AvgIpc) is 1.99. The highest BCUT2D eigenvalue weighted by atomic mass is 35.6. The zero-order valence-electron chi connectivity index (χ0n) is 6.14. The minimum atomic E-state index is -2.20. The van der Waals surface area contributed by atoms with E-state index in [0.717, 1.165) is 0 Å². The predicted octanol–water partition coefficient (Wildman–Crippen LogP) is 0.381. The van der Waals surface area contributed by atoms with Gasteiger partial charge in [0.15, 0.2) is 0 Å². The van der Waals surface area contributed by atoms with Crippen LogP contribution in [0.3, 0.4) is 0 Å². The number of urea groups is 1. The fourth-order valence-corrected chi connectivity index (χ4v) is 0.494. The highest BCUT2D eigenvalue weighted by Gasteiger charge is 2.31. The Morgan fingerprint density at radius 2 is 1.85 bits per heavy atom. The second-order valence-electron chi connectivity index (χ2n) is 1.83. The molecule has 0 atom stereocenters. The number of rotatable bonds is 2. The van der Waals surface area contributed by atoms with Crippen LogP contribution in [0.4, 0.5) is 4.79 Å². The second-order valence-corrected chi connectivity index (χ2v) is 4.11. The van der Waals surface area contributed by atoms with E-state index in [4.69, 9.17) is 34.8 Å². The molecular formula is C5H5Cl3N2O3. The number of alkyl halides is 3. The van der Waals surface area contributed by atoms with Gasteiger partial charge in [0.1, 0.15) is 6.29 Å². The van der Waals surface area contributed by atoms with E-state index in [1.807, 2.05) is 5.32 Å². The van der Waals surface area contributed by atoms with Crippen LogP contribution in [0, 0.1) is 0 Å². The molecular weight excluding hydrogens is 242 g/mol. The molecule has 0 aliphatic carbocycles. The highest BCUT2D eigenvalue weighted by Crippen LogP contribution is 2.25. The number of imide groups is 1. The first-order valence-electron chi connectivity index (χ1n) is 2.97. The van der Waals surface area contributed by atoms with Gasteiger partial charge in [0.25, 0.3) is 9.70 Å². The van der Waals surface area contributed by atoms with Crippen LogP contribution in [-0.2, 0) is 9.59 Å². The number of carbonyl (C=O) groups is 3. The Balaban J connectivity index is 3.93. The molecule has 0 spiro atoms. The van der Waals surface area contributed by atoms with Crippen molar-refractivity contribution in [3.8, 4) is 0 Å². The molecule has 0 aromatic carbocycles. The molecule has 0 saturated heterocycles. The third-order valence-corrected chi connectivity index (χ3v) is 1.35. The van der Waals surface area contributed by atoms with Crippen molar-refractivity contribution in [3.63, 3.8) is 0 Å². The summed E-state index contributed by atoms with van der Waals surface area (Å²) in [5.74, 6) is -1.08. The first-order chi connectivity index (χ1) is 5.88. The van der Waals surface area contributed by atoms with Crippen molar-refractivity contribution in [1.29, 1.82) is 0 Å². The number of carbonyl (C=O) groups excluding carboxylic acids is 3. The molecule has 0 heterocycles. The average molecular weight is 247 g/mol. The van der Waals surface area contributed by atoms with E-state index in [2.05, 4.69) is 0 Å². The van der Waals surface area contributed by atoms with Crippen LogP contribution < -0.4 is 10.6 Å². The number of nitrogens with one attached hydrogen (secondary N) is 2. The number of aldehydes is 1. The molecule has 3 amide bonds. The van der Waals surface area contributed by atoms with Gasteiger partial charge in [-0.05, 0) is 0 Å². The van der Waals surface area contributed by atoms with Crippen LogP contribution in [0.5, 0.6) is 0 Å². The molecule has 5 nitrogen and oxygen atoms in total. The number of halogens is 3. The molecule has 0 aromatic rings. The summed E-state index contributed by atoms with van der Waals surface area (Å²) in [4.78, 5) is 31.2. The maximum Gasteiger partial charge on any atom is 0.321 e. The van der Waals surface area contributed by atoms with Gasteiger partial charge in [-0.25, -0.2) is 4.79 Å². The normalized spacial score (nSPS) is 10.4. The summed E-state index contributed by atoms with van der Waals surface area (Å²) in [6, 6.07) is -0.900. The maximum atomic E-state index is 10.8. The largest absolute Gasteiger partial charge is 0.331 e. The molecule has 0 fully saturated rings. The lowest BCUT2D eigenvalue weighted by atomic mass is 10.6. The Bertz CT molecular complexity index is 226. The van der Waals surface area contributed by atoms with Gasteiger partial charge in [0.2, 0.25) is 0 Å². The van der Waals surface area contributed by atoms with Gasteiger partial charge < -0.3 is 10.1 Å². The van der Waals surface area contributed by atoms with Crippen LogP contribution in [0.25, 0.3) is 0 Å². The Kier molecular flexibility index (Phi) is 5.05. The SMILES string of the molecule is O=CCNC(=O)NC(=O)C(Cl)(Cl)Cl. The van der Waals surface area contributed by atoms with Crippen molar-refractivity contribution < 1.29 is 14.4 Å². The van der Waals surface area contributed by atoms with E-state index in [1.165, 1.54) is 0 Å². The van der Waals surface area contributed by atoms with Gasteiger partial charge in [-0.2, -0.15) is 0 Å². The second kappa shape index (κ2) is 5.26. The molecule has 74 valence electrons. The maximum absolute atomic E-state index is 10.8. The summed E-state index contributed by atoms with van der Waals surface area (Å²) < 4.78 is -2.20. The molecule has 2 N–H and O–H groups in total. The van der Waals surface area contributed by atoms with Crippen molar-refractivity contribution in [2.45, 2.75) is 3.79 Å². The quantitative estimate of drug-likeness (QED) is 0.547. The van der Waals surface area contributed by atoms with E-state index in [1.54, 1.807) is 5.32 Å².